The highest BCUT2D eigenvalue weighted by Crippen LogP contribution is 2.47. The zero-order valence-electron chi connectivity index (χ0n) is 20.3. The number of carbonyl (C=O) groups excluding carboxylic acids is 1. The highest BCUT2D eigenvalue weighted by molar-refractivity contribution is 6.04. The number of hydrogen-bond donors (Lipinski definition) is 3. The Balaban J connectivity index is 1.44. The number of aromatic amines is 1. The summed E-state index contributed by atoms with van der Waals surface area (Å²) in [7, 11) is 1.51. The maximum atomic E-state index is 14.3. The molecular formula is C23H22F4N8O4. The molecule has 0 aliphatic carbocycles. The summed E-state index contributed by atoms with van der Waals surface area (Å²) in [6.45, 7) is -2.76. The molecule has 2 amide bonds. The van der Waals surface area contributed by atoms with Gasteiger partial charge in [0.1, 0.15) is 17.9 Å². The lowest BCUT2D eigenvalue weighted by Crippen LogP contribution is -2.59. The molecule has 12 nitrogen and oxygen atoms in total. The van der Waals surface area contributed by atoms with Crippen LogP contribution in [0.1, 0.15) is 12.1 Å². The summed E-state index contributed by atoms with van der Waals surface area (Å²) in [5.74, 6) is -0.374. The fourth-order valence-electron chi connectivity index (χ4n) is 4.84. The van der Waals surface area contributed by atoms with Crippen LogP contribution >= 0.6 is 0 Å². The van der Waals surface area contributed by atoms with Gasteiger partial charge in [-0.05, 0) is 12.1 Å². The first kappa shape index (κ1) is 25.0. The first-order valence-electron chi connectivity index (χ1n) is 11.9. The van der Waals surface area contributed by atoms with E-state index in [-0.39, 0.29) is 54.5 Å². The number of urea groups is 1. The number of carbonyl (C=O) groups is 1. The van der Waals surface area contributed by atoms with E-state index in [9.17, 15) is 27.5 Å². The predicted molar refractivity (Wildman–Crippen MR) is 127 cm³/mol. The van der Waals surface area contributed by atoms with Crippen molar-refractivity contribution >= 4 is 17.1 Å². The predicted octanol–water partition coefficient (Wildman–Crippen LogP) is 2.51. The minimum atomic E-state index is -3.17. The van der Waals surface area contributed by atoms with Crippen LogP contribution in [0.25, 0.3) is 33.4 Å². The van der Waals surface area contributed by atoms with E-state index in [1.165, 1.54) is 33.7 Å². The largest absolute Gasteiger partial charge is 0.475 e. The zero-order valence-corrected chi connectivity index (χ0v) is 20.3. The minimum Gasteiger partial charge on any atom is -0.475 e. The average molecular weight is 550 g/mol. The van der Waals surface area contributed by atoms with Gasteiger partial charge in [-0.3, -0.25) is 4.68 Å². The number of rotatable bonds is 6. The van der Waals surface area contributed by atoms with E-state index in [1.54, 1.807) is 12.1 Å². The quantitative estimate of drug-likeness (QED) is 0.314. The summed E-state index contributed by atoms with van der Waals surface area (Å²) in [5.41, 5.74) is 0.146. The van der Waals surface area contributed by atoms with Crippen LogP contribution in [-0.2, 0) is 13.6 Å². The van der Waals surface area contributed by atoms with Crippen molar-refractivity contribution in [1.82, 2.24) is 39.7 Å². The van der Waals surface area contributed by atoms with E-state index in [2.05, 4.69) is 30.2 Å². The summed E-state index contributed by atoms with van der Waals surface area (Å²) in [6.07, 6.45) is -0.656. The third-order valence-electron chi connectivity index (χ3n) is 6.52. The molecule has 39 heavy (non-hydrogen) atoms. The second-order valence-electron chi connectivity index (χ2n) is 9.24. The first-order valence-corrected chi connectivity index (χ1v) is 11.9. The lowest BCUT2D eigenvalue weighted by atomic mass is 10.0. The molecule has 2 aliphatic heterocycles. The Hall–Kier alpha value is -4.34. The van der Waals surface area contributed by atoms with E-state index >= 15 is 0 Å². The number of likely N-dealkylation sites (tertiary alicyclic amines) is 1. The number of halogens is 4. The number of nitrogens with zero attached hydrogens (tertiary/aromatic N) is 6. The van der Waals surface area contributed by atoms with Crippen LogP contribution in [0, 0.1) is 0 Å². The van der Waals surface area contributed by atoms with Gasteiger partial charge in [-0.1, -0.05) is 0 Å². The number of aryl methyl sites for hydroxylation is 1. The number of aliphatic hydroxyl groups is 1. The van der Waals surface area contributed by atoms with E-state index in [0.717, 1.165) is 0 Å². The van der Waals surface area contributed by atoms with Gasteiger partial charge in [0.25, 0.3) is 6.43 Å². The Kier molecular flexibility index (Phi) is 6.05. The molecule has 6 heterocycles. The monoisotopic (exact) mass is 550 g/mol. The first-order chi connectivity index (χ1) is 18.7. The summed E-state index contributed by atoms with van der Waals surface area (Å²) >= 11 is 0. The highest BCUT2D eigenvalue weighted by atomic mass is 19.3. The Morgan fingerprint density at radius 3 is 2.74 bits per heavy atom. The number of alkyl halides is 4. The van der Waals surface area contributed by atoms with Gasteiger partial charge in [0.15, 0.2) is 0 Å². The summed E-state index contributed by atoms with van der Waals surface area (Å²) < 4.78 is 68.1. The Labute approximate surface area is 217 Å². The molecule has 4 aromatic rings. The van der Waals surface area contributed by atoms with Crippen molar-refractivity contribution in [2.75, 3.05) is 19.7 Å². The summed E-state index contributed by atoms with van der Waals surface area (Å²) in [4.78, 5) is 21.1. The van der Waals surface area contributed by atoms with Gasteiger partial charge in [0.05, 0.1) is 48.6 Å². The van der Waals surface area contributed by atoms with E-state index in [1.807, 2.05) is 0 Å². The lowest BCUT2D eigenvalue weighted by molar-refractivity contribution is -0.0527. The summed E-state index contributed by atoms with van der Waals surface area (Å²) in [6, 6.07) is 2.30. The standard InChI is InChI=1S/C23H22F4N8O4/c1-33-8-13(20(32-33)39-22(26)27)14-12-3-2-4-28-19(12)30-16(14)15-17(18(24)25)31-35-5-10(9-38-21(15)35)29-23(37)34-6-11(36)7-34/h2-4,8,10-11,18,22,36H,5-7,9H2,1H3,(H,28,30)(H,29,37)/t10-/m0/s1. The number of nitrogens with one attached hydrogen (secondary N) is 2. The number of H-pyrrole nitrogens is 1. The zero-order chi connectivity index (χ0) is 27.4. The van der Waals surface area contributed by atoms with Crippen molar-refractivity contribution in [3.05, 3.63) is 30.2 Å². The van der Waals surface area contributed by atoms with Crippen molar-refractivity contribution in [3.8, 4) is 34.1 Å². The fraction of sp³-hybridized carbons (Fsp3) is 0.391. The molecule has 2 aliphatic rings. The molecule has 1 saturated heterocycles. The van der Waals surface area contributed by atoms with Crippen molar-refractivity contribution in [1.29, 1.82) is 0 Å². The maximum absolute atomic E-state index is 14.3. The molecule has 4 aromatic heterocycles. The number of β-amino-alcohol motifs (C(OH)–C–C–N with tert-alkyl or cyclic N) is 1. The van der Waals surface area contributed by atoms with Crippen molar-refractivity contribution < 1.29 is 36.9 Å². The molecule has 0 radical (unpaired) electrons. The van der Waals surface area contributed by atoms with Crippen molar-refractivity contribution in [3.63, 3.8) is 0 Å². The lowest BCUT2D eigenvalue weighted by Gasteiger charge is -2.37. The number of amides is 2. The van der Waals surface area contributed by atoms with Crippen LogP contribution in [0.5, 0.6) is 11.8 Å². The summed E-state index contributed by atoms with van der Waals surface area (Å²) in [5, 5.41) is 20.7. The van der Waals surface area contributed by atoms with Crippen molar-refractivity contribution in [2.45, 2.75) is 31.7 Å². The smallest absolute Gasteiger partial charge is 0.388 e. The van der Waals surface area contributed by atoms with Gasteiger partial charge < -0.3 is 29.8 Å². The Morgan fingerprint density at radius 1 is 1.23 bits per heavy atom. The number of aliphatic hydroxyl groups excluding tert-OH is 1. The van der Waals surface area contributed by atoms with Gasteiger partial charge in [-0.2, -0.15) is 13.9 Å². The molecule has 3 N–H and O–H groups in total. The highest BCUT2D eigenvalue weighted by Gasteiger charge is 2.36. The molecule has 1 fully saturated rings. The van der Waals surface area contributed by atoms with Crippen LogP contribution in [0.2, 0.25) is 0 Å². The molecule has 1 atom stereocenters. The van der Waals surface area contributed by atoms with Gasteiger partial charge in [-0.25, -0.2) is 23.2 Å². The number of pyridine rings is 1. The minimum absolute atomic E-state index is 0.0168. The molecular weight excluding hydrogens is 528 g/mol. The van der Waals surface area contributed by atoms with Gasteiger partial charge in [-0.15, -0.1) is 5.10 Å². The SMILES string of the molecule is Cn1cc(-c2c(-c3c(C(F)F)nn4c3OC[C@@H](NC(=O)N3CC(O)C3)C4)[nH]c3ncccc23)c(OC(F)F)n1. The number of aromatic nitrogens is 6. The van der Waals surface area contributed by atoms with Gasteiger partial charge in [0.2, 0.25) is 11.8 Å². The molecule has 16 heteroatoms. The van der Waals surface area contributed by atoms with Crippen LogP contribution in [0.15, 0.2) is 24.5 Å². The molecule has 0 aromatic carbocycles. The third-order valence-corrected chi connectivity index (χ3v) is 6.52. The second-order valence-corrected chi connectivity index (χ2v) is 9.24. The van der Waals surface area contributed by atoms with Gasteiger partial charge in [0, 0.05) is 30.4 Å². The number of fused-ring (bicyclic) bond motifs is 2. The van der Waals surface area contributed by atoms with Crippen LogP contribution in [0.4, 0.5) is 22.4 Å². The third kappa shape index (κ3) is 4.39. The van der Waals surface area contributed by atoms with E-state index in [4.69, 9.17) is 4.74 Å². The Bertz CT molecular complexity index is 1540. The maximum Gasteiger partial charge on any atom is 0.388 e. The van der Waals surface area contributed by atoms with Gasteiger partial charge >= 0.3 is 12.6 Å². The fourth-order valence-corrected chi connectivity index (χ4v) is 4.84. The molecule has 0 saturated carbocycles. The molecule has 0 bridgehead atoms. The molecule has 0 spiro atoms. The topological polar surface area (TPSA) is 135 Å². The molecule has 6 rings (SSSR count). The molecule has 0 unspecified atom stereocenters. The average Bonchev–Trinajstić information content (AvgIpc) is 3.53. The number of hydrogen-bond acceptors (Lipinski definition) is 7. The van der Waals surface area contributed by atoms with Crippen LogP contribution in [0.3, 0.4) is 0 Å². The van der Waals surface area contributed by atoms with Crippen molar-refractivity contribution in [2.24, 2.45) is 7.05 Å². The van der Waals surface area contributed by atoms with Crippen LogP contribution < -0.4 is 14.8 Å². The van der Waals surface area contributed by atoms with Crippen LogP contribution in [-0.4, -0.2) is 84.0 Å². The Morgan fingerprint density at radius 2 is 2.03 bits per heavy atom. The normalized spacial score (nSPS) is 17.4. The van der Waals surface area contributed by atoms with E-state index < -0.39 is 42.8 Å². The molecule has 206 valence electrons. The van der Waals surface area contributed by atoms with E-state index in [0.29, 0.717) is 11.0 Å². The second kappa shape index (κ2) is 9.44. The number of ether oxygens (including phenoxy) is 2.